The first-order valence-corrected chi connectivity index (χ1v) is 6.99. The van der Waals surface area contributed by atoms with Crippen molar-refractivity contribution in [2.75, 3.05) is 0 Å². The van der Waals surface area contributed by atoms with E-state index in [1.807, 2.05) is 0 Å². The van der Waals surface area contributed by atoms with Crippen molar-refractivity contribution < 1.29 is 9.90 Å². The van der Waals surface area contributed by atoms with Gasteiger partial charge in [0.1, 0.15) is 0 Å². The fourth-order valence-corrected chi connectivity index (χ4v) is 1.94. The van der Waals surface area contributed by atoms with Crippen LogP contribution >= 0.6 is 0 Å². The van der Waals surface area contributed by atoms with Crippen molar-refractivity contribution in [2.45, 2.75) is 84.0 Å². The van der Waals surface area contributed by atoms with E-state index < -0.39 is 5.97 Å². The molecule has 0 saturated carbocycles. The van der Waals surface area contributed by atoms with E-state index in [1.165, 1.54) is 57.8 Å². The van der Waals surface area contributed by atoms with Gasteiger partial charge in [0.2, 0.25) is 0 Å². The molecule has 0 heterocycles. The van der Waals surface area contributed by atoms with Gasteiger partial charge in [-0.1, -0.05) is 71.1 Å². The van der Waals surface area contributed by atoms with Crippen LogP contribution in [0.1, 0.15) is 84.0 Å². The second-order valence-electron chi connectivity index (χ2n) is 4.68. The first-order valence-electron chi connectivity index (χ1n) is 6.99. The molecule has 0 radical (unpaired) electrons. The Balaban J connectivity index is 0. The molecule has 0 rings (SSSR count). The molecular weight excluding hydrogens is 409 g/mol. The summed E-state index contributed by atoms with van der Waals surface area (Å²) in [4.78, 5) is 10.3. The Morgan fingerprint density at radius 2 is 1.12 bits per heavy atom. The van der Waals surface area contributed by atoms with Crippen LogP contribution in [0.2, 0.25) is 0 Å². The van der Waals surface area contributed by atoms with E-state index >= 15 is 0 Å². The van der Waals surface area contributed by atoms with Crippen LogP contribution < -0.4 is 0 Å². The number of aliphatic carboxylic acids is 1. The molecule has 0 amide bonds. The molecule has 1 N–H and O–H groups in total. The van der Waals surface area contributed by atoms with E-state index in [2.05, 4.69) is 6.92 Å². The van der Waals surface area contributed by atoms with Crippen molar-refractivity contribution in [1.82, 2.24) is 0 Å². The second-order valence-corrected chi connectivity index (χ2v) is 4.68. The average Bonchev–Trinajstić information content (AvgIpc) is 2.25. The van der Waals surface area contributed by atoms with Crippen molar-refractivity contribution in [2.24, 2.45) is 0 Å². The molecule has 0 saturated heterocycles. The summed E-state index contributed by atoms with van der Waals surface area (Å²) < 4.78 is 0. The SMILES string of the molecule is CCCCCCCCCCCCCC(=O)O.[BiH3]. The van der Waals surface area contributed by atoms with Gasteiger partial charge < -0.3 is 5.11 Å². The van der Waals surface area contributed by atoms with Gasteiger partial charge in [-0.05, 0) is 6.42 Å². The Hall–Kier alpha value is 0.353. The molecule has 0 spiro atoms. The summed E-state index contributed by atoms with van der Waals surface area (Å²) in [6.45, 7) is 2.25. The Morgan fingerprint density at radius 1 is 0.765 bits per heavy atom. The molecule has 2 nitrogen and oxygen atoms in total. The Kier molecular flexibility index (Phi) is 18.9. The number of rotatable bonds is 12. The summed E-state index contributed by atoms with van der Waals surface area (Å²) in [5.74, 6) is -0.657. The summed E-state index contributed by atoms with van der Waals surface area (Å²) in [5, 5.41) is 8.46. The van der Waals surface area contributed by atoms with E-state index in [0.717, 1.165) is 12.8 Å². The molecule has 0 atom stereocenters. The normalized spacial score (nSPS) is 9.94. The van der Waals surface area contributed by atoms with Gasteiger partial charge in [-0.25, -0.2) is 0 Å². The zero-order valence-corrected chi connectivity index (χ0v) is 17.0. The third-order valence-corrected chi connectivity index (χ3v) is 2.99. The van der Waals surface area contributed by atoms with Crippen molar-refractivity contribution in [1.29, 1.82) is 0 Å². The van der Waals surface area contributed by atoms with Crippen LogP contribution in [0.25, 0.3) is 0 Å². The number of hydrogen-bond acceptors (Lipinski definition) is 1. The standard InChI is InChI=1S/C14H28O2.Bi.3H/c1-2-3-4-5-6-7-8-9-10-11-12-13-14(15)16;;;;/h2-13H2,1H3,(H,15,16);;;;. The van der Waals surface area contributed by atoms with Crippen molar-refractivity contribution in [3.8, 4) is 0 Å². The first kappa shape index (κ1) is 19.7. The molecule has 0 bridgehead atoms. The predicted molar refractivity (Wildman–Crippen MR) is 78.7 cm³/mol. The van der Waals surface area contributed by atoms with Crippen molar-refractivity contribution >= 4 is 32.2 Å². The van der Waals surface area contributed by atoms with Crippen LogP contribution in [0, 0.1) is 0 Å². The van der Waals surface area contributed by atoms with Gasteiger partial charge in [0.05, 0.1) is 0 Å². The minimum absolute atomic E-state index is 0. The first-order chi connectivity index (χ1) is 7.77. The van der Waals surface area contributed by atoms with E-state index in [-0.39, 0.29) is 26.2 Å². The molecular formula is C14H31BiO2. The number of carbonyl (C=O) groups is 1. The predicted octanol–water partition coefficient (Wildman–Crippen LogP) is 3.59. The molecule has 0 aliphatic carbocycles. The zero-order valence-electron chi connectivity index (χ0n) is 11.5. The van der Waals surface area contributed by atoms with Crippen molar-refractivity contribution in [3.05, 3.63) is 0 Å². The molecule has 0 aromatic heterocycles. The molecule has 0 aromatic carbocycles. The van der Waals surface area contributed by atoms with E-state index in [1.54, 1.807) is 0 Å². The molecule has 3 heteroatoms. The summed E-state index contributed by atoms with van der Waals surface area (Å²) >= 11 is 0. The van der Waals surface area contributed by atoms with Gasteiger partial charge in [0.25, 0.3) is 0 Å². The van der Waals surface area contributed by atoms with E-state index in [0.29, 0.717) is 6.42 Å². The second kappa shape index (κ2) is 16.4. The summed E-state index contributed by atoms with van der Waals surface area (Å²) in [7, 11) is 0. The van der Waals surface area contributed by atoms with Gasteiger partial charge in [-0.3, -0.25) is 4.79 Å². The van der Waals surface area contributed by atoms with Crippen LogP contribution in [0.4, 0.5) is 0 Å². The van der Waals surface area contributed by atoms with Gasteiger partial charge in [0.15, 0.2) is 0 Å². The van der Waals surface area contributed by atoms with E-state index in [9.17, 15) is 4.79 Å². The number of carboxylic acid groups (broad SMARTS) is 1. The number of hydrogen-bond donors (Lipinski definition) is 1. The molecule has 0 aromatic rings. The third kappa shape index (κ3) is 18.9. The summed E-state index contributed by atoms with van der Waals surface area (Å²) in [6, 6.07) is 0. The Morgan fingerprint density at radius 3 is 1.47 bits per heavy atom. The van der Waals surface area contributed by atoms with Gasteiger partial charge >= 0.3 is 32.2 Å². The minimum atomic E-state index is -0.657. The maximum atomic E-state index is 10.3. The molecule has 0 aliphatic rings. The number of unbranched alkanes of at least 4 members (excludes halogenated alkanes) is 10. The fraction of sp³-hybridized carbons (Fsp3) is 0.929. The van der Waals surface area contributed by atoms with Gasteiger partial charge in [-0.15, -0.1) is 0 Å². The van der Waals surface area contributed by atoms with Crippen LogP contribution in [-0.2, 0) is 4.79 Å². The molecule has 0 fully saturated rings. The van der Waals surface area contributed by atoms with E-state index in [4.69, 9.17) is 5.11 Å². The monoisotopic (exact) mass is 440 g/mol. The number of carboxylic acids is 1. The topological polar surface area (TPSA) is 37.3 Å². The Labute approximate surface area is 126 Å². The van der Waals surface area contributed by atoms with Crippen LogP contribution in [0.15, 0.2) is 0 Å². The summed E-state index contributed by atoms with van der Waals surface area (Å²) in [5.41, 5.74) is 0. The maximum absolute atomic E-state index is 10.3. The molecule has 0 aliphatic heterocycles. The van der Waals surface area contributed by atoms with Crippen LogP contribution in [0.5, 0.6) is 0 Å². The molecule has 0 unspecified atom stereocenters. The fourth-order valence-electron chi connectivity index (χ4n) is 1.94. The van der Waals surface area contributed by atoms with Crippen molar-refractivity contribution in [3.63, 3.8) is 0 Å². The zero-order chi connectivity index (χ0) is 12.1. The van der Waals surface area contributed by atoms with Gasteiger partial charge in [0, 0.05) is 6.42 Å². The summed E-state index contributed by atoms with van der Waals surface area (Å²) in [6.07, 6.45) is 14.4. The third-order valence-electron chi connectivity index (χ3n) is 2.99. The van der Waals surface area contributed by atoms with Crippen LogP contribution in [-0.4, -0.2) is 37.3 Å². The van der Waals surface area contributed by atoms with Crippen LogP contribution in [0.3, 0.4) is 0 Å². The Bertz CT molecular complexity index is 160. The quantitative estimate of drug-likeness (QED) is 0.372. The average molecular weight is 440 g/mol. The van der Waals surface area contributed by atoms with Gasteiger partial charge in [-0.2, -0.15) is 0 Å². The molecule has 104 valence electrons. The molecule has 17 heavy (non-hydrogen) atoms.